The summed E-state index contributed by atoms with van der Waals surface area (Å²) in [7, 11) is 2.10. The Hall–Kier alpha value is -1.59. The number of hydrogen-bond donors (Lipinski definition) is 2. The third kappa shape index (κ3) is 2.72. The molecule has 0 unspecified atom stereocenters. The number of nitrogens with zero attached hydrogens (tertiary/aromatic N) is 3. The molecule has 0 aromatic carbocycles. The Kier molecular flexibility index (Phi) is 4.34. The van der Waals surface area contributed by atoms with Crippen molar-refractivity contribution in [2.45, 2.75) is 49.8 Å². The van der Waals surface area contributed by atoms with E-state index < -0.39 is 0 Å². The van der Waals surface area contributed by atoms with Crippen LogP contribution in [0.1, 0.15) is 37.4 Å². The second kappa shape index (κ2) is 6.13. The van der Waals surface area contributed by atoms with Crippen molar-refractivity contribution < 1.29 is 5.11 Å². The lowest BCUT2D eigenvalue weighted by Gasteiger charge is -2.50. The van der Waals surface area contributed by atoms with Crippen LogP contribution in [0.4, 0.5) is 0 Å². The van der Waals surface area contributed by atoms with Crippen LogP contribution < -0.4 is 0 Å². The fourth-order valence-corrected chi connectivity index (χ4v) is 4.01. The molecule has 0 saturated heterocycles. The highest BCUT2D eigenvalue weighted by molar-refractivity contribution is 7.80. The highest BCUT2D eigenvalue weighted by atomic mass is 32.1. The first-order valence-electron chi connectivity index (χ1n) is 7.98. The summed E-state index contributed by atoms with van der Waals surface area (Å²) in [6.07, 6.45) is 10.3. The van der Waals surface area contributed by atoms with Crippen LogP contribution in [0.2, 0.25) is 0 Å². The van der Waals surface area contributed by atoms with Gasteiger partial charge >= 0.3 is 0 Å². The minimum atomic E-state index is -0.125. The maximum Gasteiger partial charge on any atom is 0.219 e. The Bertz CT molecular complexity index is 710. The van der Waals surface area contributed by atoms with E-state index in [1.807, 2.05) is 13.0 Å². The molecule has 0 radical (unpaired) electrons. The van der Waals surface area contributed by atoms with E-state index in [1.165, 1.54) is 11.1 Å². The van der Waals surface area contributed by atoms with E-state index in [0.29, 0.717) is 11.7 Å². The molecule has 5 heteroatoms. The molecule has 1 saturated carbocycles. The van der Waals surface area contributed by atoms with Gasteiger partial charge < -0.3 is 5.11 Å². The lowest BCUT2D eigenvalue weighted by atomic mass is 9.69. The quantitative estimate of drug-likeness (QED) is 0.612. The Morgan fingerprint density at radius 3 is 2.91 bits per heavy atom. The predicted molar refractivity (Wildman–Crippen MR) is 94.7 cm³/mol. The standard InChI is InChI=1S/C18H23N3OS/c1-4-5-7-13-8-6-9-18(12(13)2)10-15-14(11-21(18)3)16(22)20-17(23)19-15/h4-5,7H,2,6,8-11H2,1,3H3,(H2,19,20,22,23)/b5-4-,13-7-/t18-/m0/s1. The summed E-state index contributed by atoms with van der Waals surface area (Å²) in [5, 5.41) is 10.4. The molecule has 1 aromatic rings. The molecular formula is C18H23N3OS. The van der Waals surface area contributed by atoms with Crippen LogP contribution in [0.5, 0.6) is 5.88 Å². The van der Waals surface area contributed by atoms with Gasteiger partial charge in [0, 0.05) is 18.5 Å². The average Bonchev–Trinajstić information content (AvgIpc) is 2.50. The van der Waals surface area contributed by atoms with Gasteiger partial charge in [-0.15, -0.1) is 12.6 Å². The summed E-state index contributed by atoms with van der Waals surface area (Å²) in [4.78, 5) is 10.7. The first-order chi connectivity index (χ1) is 11.0. The first kappa shape index (κ1) is 16.3. The molecule has 1 aromatic heterocycles. The zero-order chi connectivity index (χ0) is 16.6. The molecule has 23 heavy (non-hydrogen) atoms. The molecular weight excluding hydrogens is 306 g/mol. The number of fused-ring (bicyclic) bond motifs is 1. The van der Waals surface area contributed by atoms with Gasteiger partial charge in [-0.2, -0.15) is 4.98 Å². The molecule has 1 spiro atoms. The largest absolute Gasteiger partial charge is 0.493 e. The van der Waals surface area contributed by atoms with Gasteiger partial charge in [0.2, 0.25) is 5.88 Å². The smallest absolute Gasteiger partial charge is 0.219 e. The Balaban J connectivity index is 2.03. The highest BCUT2D eigenvalue weighted by Gasteiger charge is 2.45. The zero-order valence-electron chi connectivity index (χ0n) is 13.7. The van der Waals surface area contributed by atoms with Gasteiger partial charge in [-0.05, 0) is 44.4 Å². The summed E-state index contributed by atoms with van der Waals surface area (Å²) in [5.41, 5.74) is 4.07. The Labute approximate surface area is 143 Å². The molecule has 0 amide bonds. The van der Waals surface area contributed by atoms with Crippen molar-refractivity contribution in [1.29, 1.82) is 0 Å². The second-order valence-corrected chi connectivity index (χ2v) is 6.79. The lowest BCUT2D eigenvalue weighted by Crippen LogP contribution is -2.54. The van der Waals surface area contributed by atoms with E-state index in [9.17, 15) is 5.11 Å². The van der Waals surface area contributed by atoms with E-state index >= 15 is 0 Å². The molecule has 1 aliphatic heterocycles. The SMILES string of the molecule is C=C1/C(=C\C=C/C)CCC[C@]12Cc1nc(S)nc(O)c1CN2C. The normalized spacial score (nSPS) is 27.1. The molecule has 122 valence electrons. The molecule has 2 heterocycles. The van der Waals surface area contributed by atoms with Gasteiger partial charge in [-0.3, -0.25) is 4.90 Å². The van der Waals surface area contributed by atoms with Crippen molar-refractivity contribution in [2.75, 3.05) is 7.05 Å². The van der Waals surface area contributed by atoms with E-state index in [-0.39, 0.29) is 11.4 Å². The number of hydrogen-bond acceptors (Lipinski definition) is 5. The van der Waals surface area contributed by atoms with E-state index in [0.717, 1.165) is 36.9 Å². The minimum Gasteiger partial charge on any atom is -0.493 e. The number of thiol groups is 1. The van der Waals surface area contributed by atoms with Gasteiger partial charge in [0.25, 0.3) is 0 Å². The van der Waals surface area contributed by atoms with Crippen LogP contribution in [0.3, 0.4) is 0 Å². The van der Waals surface area contributed by atoms with Gasteiger partial charge in [0.1, 0.15) is 0 Å². The van der Waals surface area contributed by atoms with Crippen molar-refractivity contribution in [3.05, 3.63) is 47.2 Å². The molecule has 1 fully saturated rings. The summed E-state index contributed by atoms with van der Waals surface area (Å²) >= 11 is 4.21. The van der Waals surface area contributed by atoms with Gasteiger partial charge in [0.15, 0.2) is 5.16 Å². The zero-order valence-corrected chi connectivity index (χ0v) is 14.6. The third-order valence-corrected chi connectivity index (χ3v) is 5.32. The topological polar surface area (TPSA) is 49.3 Å². The van der Waals surface area contributed by atoms with Gasteiger partial charge in [-0.1, -0.05) is 24.8 Å². The van der Waals surface area contributed by atoms with Crippen molar-refractivity contribution in [1.82, 2.24) is 14.9 Å². The Morgan fingerprint density at radius 1 is 1.39 bits per heavy atom. The Morgan fingerprint density at radius 2 is 2.17 bits per heavy atom. The summed E-state index contributed by atoms with van der Waals surface area (Å²) < 4.78 is 0. The molecule has 1 N–H and O–H groups in total. The highest BCUT2D eigenvalue weighted by Crippen LogP contribution is 2.46. The van der Waals surface area contributed by atoms with Crippen LogP contribution in [-0.2, 0) is 13.0 Å². The lowest BCUT2D eigenvalue weighted by molar-refractivity contribution is 0.109. The van der Waals surface area contributed by atoms with Crippen LogP contribution in [0.15, 0.2) is 41.1 Å². The summed E-state index contributed by atoms with van der Waals surface area (Å²) in [5.74, 6) is 0.0489. The fourth-order valence-electron chi connectivity index (χ4n) is 3.80. The monoisotopic (exact) mass is 329 g/mol. The maximum atomic E-state index is 10.1. The van der Waals surface area contributed by atoms with Gasteiger partial charge in [0.05, 0.1) is 11.2 Å². The van der Waals surface area contributed by atoms with Crippen LogP contribution in [-0.4, -0.2) is 32.6 Å². The van der Waals surface area contributed by atoms with E-state index in [2.05, 4.69) is 53.3 Å². The molecule has 1 atom stereocenters. The number of likely N-dealkylation sites (N-methyl/N-ethyl adjacent to an activating group) is 1. The predicted octanol–water partition coefficient (Wildman–Crippen LogP) is 3.44. The number of rotatable bonds is 1. The molecule has 4 nitrogen and oxygen atoms in total. The summed E-state index contributed by atoms with van der Waals surface area (Å²) in [6, 6.07) is 0. The number of aromatic nitrogens is 2. The number of allylic oxidation sites excluding steroid dienone is 3. The van der Waals surface area contributed by atoms with Crippen LogP contribution in [0, 0.1) is 0 Å². The molecule has 1 aliphatic carbocycles. The van der Waals surface area contributed by atoms with Crippen molar-refractivity contribution in [3.63, 3.8) is 0 Å². The fraction of sp³-hybridized carbons (Fsp3) is 0.444. The van der Waals surface area contributed by atoms with E-state index in [4.69, 9.17) is 0 Å². The average molecular weight is 329 g/mol. The van der Waals surface area contributed by atoms with Crippen molar-refractivity contribution >= 4 is 12.6 Å². The van der Waals surface area contributed by atoms with Crippen molar-refractivity contribution in [3.8, 4) is 5.88 Å². The number of aromatic hydroxyl groups is 1. The minimum absolute atomic E-state index is 0.0489. The maximum absolute atomic E-state index is 10.1. The molecule has 2 aliphatic rings. The van der Waals surface area contributed by atoms with Crippen LogP contribution in [0.25, 0.3) is 0 Å². The van der Waals surface area contributed by atoms with Gasteiger partial charge in [-0.25, -0.2) is 4.98 Å². The first-order valence-corrected chi connectivity index (χ1v) is 8.43. The van der Waals surface area contributed by atoms with Crippen LogP contribution >= 0.6 is 12.6 Å². The summed E-state index contributed by atoms with van der Waals surface area (Å²) in [6.45, 7) is 7.08. The van der Waals surface area contributed by atoms with E-state index in [1.54, 1.807) is 0 Å². The van der Waals surface area contributed by atoms with Crippen molar-refractivity contribution in [2.24, 2.45) is 0 Å². The second-order valence-electron chi connectivity index (χ2n) is 6.39. The molecule has 0 bridgehead atoms. The third-order valence-electron chi connectivity index (χ3n) is 5.12. The molecule has 3 rings (SSSR count).